The smallest absolute Gasteiger partial charge is 0.316 e. The molecule has 0 heterocycles. The number of hydrogen-bond acceptors (Lipinski definition) is 7. The predicted octanol–water partition coefficient (Wildman–Crippen LogP) is 5.19. The van der Waals surface area contributed by atoms with Gasteiger partial charge in [0.2, 0.25) is 11.8 Å². The van der Waals surface area contributed by atoms with E-state index < -0.39 is 11.9 Å². The molecule has 0 rings (SSSR count). The number of rotatable bonds is 21. The molecule has 0 bridgehead atoms. The summed E-state index contributed by atoms with van der Waals surface area (Å²) < 4.78 is 8.37. The second-order valence-electron chi connectivity index (χ2n) is 9.24. The lowest BCUT2D eigenvalue weighted by molar-refractivity contribution is -0.151. The third kappa shape index (κ3) is 38.4. The topological polar surface area (TPSA) is 137 Å². The lowest BCUT2D eigenvalue weighted by atomic mass is 10.1. The number of nitrogens with two attached hydrogens (primary N) is 1. The van der Waals surface area contributed by atoms with Crippen LogP contribution >= 0.6 is 0 Å². The fraction of sp³-hybridized carbons (Fsp3) is 0.862. The highest BCUT2D eigenvalue weighted by atomic mass is 16.5. The first-order valence-corrected chi connectivity index (χ1v) is 14.7. The maximum Gasteiger partial charge on any atom is 0.316 e. The summed E-state index contributed by atoms with van der Waals surface area (Å²) in [5.74, 6) is -1.48. The molecule has 9 heteroatoms. The zero-order valence-electron chi connectivity index (χ0n) is 25.2. The van der Waals surface area contributed by atoms with Crippen LogP contribution in [0.3, 0.4) is 0 Å². The summed E-state index contributed by atoms with van der Waals surface area (Å²) >= 11 is 0. The summed E-state index contributed by atoms with van der Waals surface area (Å²) in [6.07, 6.45) is 18.0. The van der Waals surface area contributed by atoms with Gasteiger partial charge in [-0.1, -0.05) is 97.8 Å². The van der Waals surface area contributed by atoms with Crippen LogP contribution in [0.5, 0.6) is 0 Å². The molecule has 0 aromatic rings. The van der Waals surface area contributed by atoms with E-state index in [0.29, 0.717) is 13.1 Å². The minimum atomic E-state index is -0.582. The van der Waals surface area contributed by atoms with E-state index >= 15 is 0 Å². The Balaban J connectivity index is -0.000000590. The monoisotopic (exact) mass is 545 g/mol. The molecule has 2 amide bonds. The Labute approximate surface area is 232 Å². The van der Waals surface area contributed by atoms with E-state index in [1.165, 1.54) is 84.8 Å². The van der Waals surface area contributed by atoms with E-state index in [9.17, 15) is 19.2 Å². The minimum absolute atomic E-state index is 0.0378. The predicted molar refractivity (Wildman–Crippen MR) is 155 cm³/mol. The van der Waals surface area contributed by atoms with Gasteiger partial charge in [0, 0.05) is 13.1 Å². The molecule has 0 saturated carbocycles. The zero-order chi connectivity index (χ0) is 29.3. The molecule has 0 fully saturated rings. The number of carbonyl (C=O) groups excluding carboxylic acids is 4. The maximum atomic E-state index is 11.5. The van der Waals surface area contributed by atoms with Crippen LogP contribution in [-0.4, -0.2) is 57.6 Å². The number of amides is 2. The fourth-order valence-corrected chi connectivity index (χ4v) is 3.19. The van der Waals surface area contributed by atoms with E-state index in [2.05, 4.69) is 40.9 Å². The fourth-order valence-electron chi connectivity index (χ4n) is 3.19. The average molecular weight is 546 g/mol. The van der Waals surface area contributed by atoms with E-state index in [0.717, 1.165) is 32.2 Å². The highest BCUT2D eigenvalue weighted by Gasteiger charge is 2.08. The van der Waals surface area contributed by atoms with Crippen molar-refractivity contribution in [2.24, 2.45) is 5.73 Å². The van der Waals surface area contributed by atoms with Crippen LogP contribution in [0, 0.1) is 0 Å². The molecule has 4 N–H and O–H groups in total. The van der Waals surface area contributed by atoms with Gasteiger partial charge >= 0.3 is 11.9 Å². The third-order valence-corrected chi connectivity index (χ3v) is 5.58. The molecular weight excluding hydrogens is 486 g/mol. The molecule has 0 aliphatic carbocycles. The van der Waals surface area contributed by atoms with E-state index in [1.54, 1.807) is 0 Å². The van der Waals surface area contributed by atoms with Crippen LogP contribution in [0.25, 0.3) is 0 Å². The van der Waals surface area contributed by atoms with Crippen molar-refractivity contribution in [2.45, 2.75) is 130 Å². The van der Waals surface area contributed by atoms with E-state index in [-0.39, 0.29) is 24.7 Å². The van der Waals surface area contributed by atoms with Gasteiger partial charge in [-0.2, -0.15) is 0 Å². The summed E-state index contributed by atoms with van der Waals surface area (Å²) in [4.78, 5) is 43.6. The first-order valence-electron chi connectivity index (χ1n) is 14.7. The molecule has 0 saturated heterocycles. The Kier molecular flexibility index (Phi) is 37.0. The molecule has 0 aliphatic rings. The van der Waals surface area contributed by atoms with Crippen molar-refractivity contribution in [3.05, 3.63) is 0 Å². The Bertz CT molecular complexity index is 512. The summed E-state index contributed by atoms with van der Waals surface area (Å²) in [7, 11) is 2.43. The Morgan fingerprint density at radius 1 is 0.526 bits per heavy atom. The van der Waals surface area contributed by atoms with Gasteiger partial charge in [-0.15, -0.1) is 0 Å². The molecule has 226 valence electrons. The maximum absolute atomic E-state index is 11.5. The van der Waals surface area contributed by atoms with Crippen molar-refractivity contribution < 1.29 is 28.7 Å². The average Bonchev–Trinajstić information content (AvgIpc) is 2.91. The first-order chi connectivity index (χ1) is 18.3. The number of ether oxygens (including phenoxy) is 2. The number of methoxy groups -OCH3 is 2. The summed E-state index contributed by atoms with van der Waals surface area (Å²) in [6.45, 7) is 8.83. The zero-order valence-corrected chi connectivity index (χ0v) is 25.2. The van der Waals surface area contributed by atoms with Crippen molar-refractivity contribution in [3.8, 4) is 0 Å². The van der Waals surface area contributed by atoms with Gasteiger partial charge in [0.15, 0.2) is 0 Å². The molecule has 0 aromatic heterocycles. The van der Waals surface area contributed by atoms with Crippen LogP contribution in [0.15, 0.2) is 0 Å². The second-order valence-corrected chi connectivity index (χ2v) is 9.24. The molecular formula is C29H59N3O6. The van der Waals surface area contributed by atoms with E-state index in [4.69, 9.17) is 5.73 Å². The van der Waals surface area contributed by atoms with Gasteiger partial charge in [0.25, 0.3) is 0 Å². The number of unbranched alkanes of at least 4 members (excludes halogenated alkanes) is 12. The van der Waals surface area contributed by atoms with Gasteiger partial charge in [0.1, 0.15) is 12.8 Å². The normalized spacial score (nSPS) is 9.74. The lowest BCUT2D eigenvalue weighted by Gasteiger charge is -2.06. The van der Waals surface area contributed by atoms with Gasteiger partial charge in [-0.25, -0.2) is 0 Å². The first kappa shape index (κ1) is 40.3. The molecule has 0 radical (unpaired) electrons. The minimum Gasteiger partial charge on any atom is -0.469 e. The van der Waals surface area contributed by atoms with Crippen LogP contribution in [0.2, 0.25) is 0 Å². The lowest BCUT2D eigenvalue weighted by Crippen LogP contribution is -2.32. The standard InChI is InChI=1S/C17H34N2O2.C7H17N.C5H8O4/c1-3-5-7-9-11-13-18-16(20)15-17(21)19-14-12-10-8-6-4-2;1-2-3-4-5-6-7-8;1-8-4(6)3-5(7)9-2/h3-15H2,1-2H3,(H,18,20)(H,19,21);2-8H2,1H3;3H2,1-2H3. The quantitative estimate of drug-likeness (QED) is 0.103. The van der Waals surface area contributed by atoms with Gasteiger partial charge < -0.3 is 25.8 Å². The SMILES string of the molecule is CCCCCCCN.CCCCCCCNC(=O)CC(=O)NCCCCCCC.COC(=O)CC(=O)OC. The Morgan fingerprint density at radius 2 is 0.868 bits per heavy atom. The van der Waals surface area contributed by atoms with Crippen LogP contribution in [-0.2, 0) is 28.7 Å². The number of carbonyl (C=O) groups is 4. The summed E-state index contributed by atoms with van der Waals surface area (Å²) in [5, 5.41) is 5.62. The highest BCUT2D eigenvalue weighted by Crippen LogP contribution is 2.02. The summed E-state index contributed by atoms with van der Waals surface area (Å²) in [5.41, 5.74) is 5.31. The molecule has 0 unspecified atom stereocenters. The molecule has 0 atom stereocenters. The Morgan fingerprint density at radius 3 is 1.18 bits per heavy atom. The third-order valence-electron chi connectivity index (χ3n) is 5.58. The molecule has 0 aliphatic heterocycles. The number of nitrogens with one attached hydrogen (secondary N) is 2. The van der Waals surface area contributed by atoms with Gasteiger partial charge in [0.05, 0.1) is 14.2 Å². The molecule has 0 aromatic carbocycles. The van der Waals surface area contributed by atoms with Crippen molar-refractivity contribution in [2.75, 3.05) is 33.9 Å². The molecule has 38 heavy (non-hydrogen) atoms. The number of hydrogen-bond donors (Lipinski definition) is 3. The number of esters is 2. The van der Waals surface area contributed by atoms with Crippen LogP contribution in [0.1, 0.15) is 130 Å². The summed E-state index contributed by atoms with van der Waals surface area (Å²) in [6, 6.07) is 0. The molecule has 0 spiro atoms. The van der Waals surface area contributed by atoms with E-state index in [1.807, 2.05) is 0 Å². The van der Waals surface area contributed by atoms with Crippen molar-refractivity contribution in [1.82, 2.24) is 10.6 Å². The van der Waals surface area contributed by atoms with Crippen molar-refractivity contribution >= 4 is 23.8 Å². The Hall–Kier alpha value is -2.16. The van der Waals surface area contributed by atoms with Gasteiger partial charge in [-0.3, -0.25) is 19.2 Å². The van der Waals surface area contributed by atoms with Crippen molar-refractivity contribution in [3.63, 3.8) is 0 Å². The largest absolute Gasteiger partial charge is 0.469 e. The van der Waals surface area contributed by atoms with Crippen LogP contribution < -0.4 is 16.4 Å². The second kappa shape index (κ2) is 34.8. The molecule has 9 nitrogen and oxygen atoms in total. The van der Waals surface area contributed by atoms with Crippen molar-refractivity contribution in [1.29, 1.82) is 0 Å². The van der Waals surface area contributed by atoms with Crippen LogP contribution in [0.4, 0.5) is 0 Å². The van der Waals surface area contributed by atoms with Gasteiger partial charge in [-0.05, 0) is 25.8 Å². The highest BCUT2D eigenvalue weighted by molar-refractivity contribution is 5.96.